The van der Waals surface area contributed by atoms with Gasteiger partial charge in [0.2, 0.25) is 0 Å². The van der Waals surface area contributed by atoms with Crippen LogP contribution in [-0.4, -0.2) is 23.8 Å². The number of fused-ring (bicyclic) bond motifs is 1. The fourth-order valence-electron chi connectivity index (χ4n) is 2.04. The largest absolute Gasteiger partial charge is 0.392 e. The molecule has 2 N–H and O–H groups in total. The predicted octanol–water partition coefficient (Wildman–Crippen LogP) is 1.12. The molecule has 2 rings (SSSR count). The summed E-state index contributed by atoms with van der Waals surface area (Å²) in [6.45, 7) is 2.51. The van der Waals surface area contributed by atoms with Crippen molar-refractivity contribution in [3.05, 3.63) is 35.4 Å². The van der Waals surface area contributed by atoms with Gasteiger partial charge in [-0.2, -0.15) is 0 Å². The molecule has 2 nitrogen and oxygen atoms in total. The van der Waals surface area contributed by atoms with Crippen molar-refractivity contribution < 1.29 is 5.11 Å². The number of aliphatic hydroxyl groups excluding tert-OH is 1. The molecule has 1 aromatic rings. The Morgan fingerprint density at radius 2 is 1.93 bits per heavy atom. The quantitative estimate of drug-likeness (QED) is 0.750. The Balaban J connectivity index is 1.92. The van der Waals surface area contributed by atoms with Crippen LogP contribution in [0.1, 0.15) is 18.1 Å². The third kappa shape index (κ3) is 2.14. The van der Waals surface area contributed by atoms with Crippen molar-refractivity contribution >= 4 is 0 Å². The van der Waals surface area contributed by atoms with Crippen LogP contribution in [0, 0.1) is 0 Å². The molecule has 0 aromatic heterocycles. The first kappa shape index (κ1) is 9.69. The van der Waals surface area contributed by atoms with E-state index in [9.17, 15) is 0 Å². The molecule has 0 amide bonds. The second-order valence-electron chi connectivity index (χ2n) is 4.13. The fourth-order valence-corrected chi connectivity index (χ4v) is 2.04. The van der Waals surface area contributed by atoms with Crippen molar-refractivity contribution in [2.45, 2.75) is 31.9 Å². The van der Waals surface area contributed by atoms with Gasteiger partial charge >= 0.3 is 0 Å². The Kier molecular flexibility index (Phi) is 2.85. The van der Waals surface area contributed by atoms with E-state index in [1.54, 1.807) is 0 Å². The molecule has 0 saturated carbocycles. The van der Waals surface area contributed by atoms with E-state index in [-0.39, 0.29) is 6.10 Å². The second-order valence-corrected chi connectivity index (χ2v) is 4.13. The van der Waals surface area contributed by atoms with E-state index < -0.39 is 0 Å². The third-order valence-corrected chi connectivity index (χ3v) is 2.75. The Labute approximate surface area is 85.0 Å². The number of nitrogens with one attached hydrogen (secondary N) is 1. The van der Waals surface area contributed by atoms with E-state index in [1.165, 1.54) is 11.1 Å². The maximum atomic E-state index is 9.17. The summed E-state index contributed by atoms with van der Waals surface area (Å²) in [5.41, 5.74) is 2.91. The highest BCUT2D eigenvalue weighted by atomic mass is 16.3. The number of hydrogen-bond acceptors (Lipinski definition) is 2. The summed E-state index contributed by atoms with van der Waals surface area (Å²) in [6, 6.07) is 9.09. The van der Waals surface area contributed by atoms with Gasteiger partial charge in [0.1, 0.15) is 0 Å². The number of hydrogen-bond donors (Lipinski definition) is 2. The first-order valence-corrected chi connectivity index (χ1v) is 5.24. The van der Waals surface area contributed by atoms with Gasteiger partial charge in [0.05, 0.1) is 6.10 Å². The smallest absolute Gasteiger partial charge is 0.0636 e. The minimum atomic E-state index is -0.251. The molecule has 0 spiro atoms. The lowest BCUT2D eigenvalue weighted by molar-refractivity contribution is 0.186. The number of benzene rings is 1. The first-order chi connectivity index (χ1) is 6.75. The highest BCUT2D eigenvalue weighted by molar-refractivity contribution is 5.33. The van der Waals surface area contributed by atoms with Gasteiger partial charge in [0.25, 0.3) is 0 Å². The Hall–Kier alpha value is -0.860. The summed E-state index contributed by atoms with van der Waals surface area (Å²) in [4.78, 5) is 0. The van der Waals surface area contributed by atoms with Crippen molar-refractivity contribution in [1.29, 1.82) is 0 Å². The van der Waals surface area contributed by atoms with Gasteiger partial charge < -0.3 is 10.4 Å². The number of aliphatic hydroxyl groups is 1. The van der Waals surface area contributed by atoms with Gasteiger partial charge in [-0.1, -0.05) is 24.3 Å². The Bertz CT molecular complexity index is 284. The molecule has 0 aliphatic heterocycles. The van der Waals surface area contributed by atoms with Gasteiger partial charge in [-0.25, -0.2) is 0 Å². The third-order valence-electron chi connectivity index (χ3n) is 2.75. The molecular formula is C12H17NO. The van der Waals surface area contributed by atoms with E-state index >= 15 is 0 Å². The lowest BCUT2D eigenvalue weighted by Gasteiger charge is -2.12. The van der Waals surface area contributed by atoms with Crippen molar-refractivity contribution in [1.82, 2.24) is 5.32 Å². The molecular weight excluding hydrogens is 174 g/mol. The summed E-state index contributed by atoms with van der Waals surface area (Å²) >= 11 is 0. The average molecular weight is 191 g/mol. The Morgan fingerprint density at radius 1 is 1.36 bits per heavy atom. The molecule has 1 aromatic carbocycles. The lowest BCUT2D eigenvalue weighted by Crippen LogP contribution is -2.34. The van der Waals surface area contributed by atoms with Crippen molar-refractivity contribution in [3.63, 3.8) is 0 Å². The topological polar surface area (TPSA) is 32.3 Å². The van der Waals surface area contributed by atoms with Gasteiger partial charge in [-0.3, -0.25) is 0 Å². The number of rotatable bonds is 3. The molecule has 2 heteroatoms. The summed E-state index contributed by atoms with van der Waals surface area (Å²) < 4.78 is 0. The SMILES string of the molecule is CC(O)CNC1Cc2ccccc2C1. The minimum absolute atomic E-state index is 0.251. The van der Waals surface area contributed by atoms with Crippen LogP contribution >= 0.6 is 0 Å². The molecule has 0 saturated heterocycles. The van der Waals surface area contributed by atoms with Crippen LogP contribution in [-0.2, 0) is 12.8 Å². The summed E-state index contributed by atoms with van der Waals surface area (Å²) in [6.07, 6.45) is 1.95. The molecule has 1 aliphatic rings. The van der Waals surface area contributed by atoms with E-state index in [1.807, 2.05) is 6.92 Å². The van der Waals surface area contributed by atoms with Crippen LogP contribution in [0.25, 0.3) is 0 Å². The van der Waals surface area contributed by atoms with E-state index in [4.69, 9.17) is 5.11 Å². The van der Waals surface area contributed by atoms with Gasteiger partial charge in [0.15, 0.2) is 0 Å². The van der Waals surface area contributed by atoms with Crippen molar-refractivity contribution in [2.24, 2.45) is 0 Å². The maximum Gasteiger partial charge on any atom is 0.0636 e. The van der Waals surface area contributed by atoms with Crippen LogP contribution in [0.5, 0.6) is 0 Å². The molecule has 1 atom stereocenters. The molecule has 14 heavy (non-hydrogen) atoms. The predicted molar refractivity (Wildman–Crippen MR) is 57.3 cm³/mol. The molecule has 76 valence electrons. The van der Waals surface area contributed by atoms with E-state index in [0.29, 0.717) is 12.6 Å². The zero-order chi connectivity index (χ0) is 9.97. The molecule has 0 bridgehead atoms. The summed E-state index contributed by atoms with van der Waals surface area (Å²) in [7, 11) is 0. The minimum Gasteiger partial charge on any atom is -0.392 e. The normalized spacial score (nSPS) is 18.1. The zero-order valence-electron chi connectivity index (χ0n) is 8.53. The highest BCUT2D eigenvalue weighted by Gasteiger charge is 2.20. The molecule has 0 fully saturated rings. The van der Waals surface area contributed by atoms with Gasteiger partial charge in [0, 0.05) is 12.6 Å². The van der Waals surface area contributed by atoms with Crippen molar-refractivity contribution in [2.75, 3.05) is 6.54 Å². The molecule has 1 aliphatic carbocycles. The summed E-state index contributed by atoms with van der Waals surface area (Å²) in [5, 5.41) is 12.5. The zero-order valence-corrected chi connectivity index (χ0v) is 8.53. The second kappa shape index (κ2) is 4.11. The molecule has 1 unspecified atom stereocenters. The van der Waals surface area contributed by atoms with Crippen LogP contribution in [0.2, 0.25) is 0 Å². The highest BCUT2D eigenvalue weighted by Crippen LogP contribution is 2.21. The monoisotopic (exact) mass is 191 g/mol. The van der Waals surface area contributed by atoms with E-state index in [2.05, 4.69) is 29.6 Å². The molecule has 0 radical (unpaired) electrons. The fraction of sp³-hybridized carbons (Fsp3) is 0.500. The van der Waals surface area contributed by atoms with Crippen LogP contribution in [0.15, 0.2) is 24.3 Å². The van der Waals surface area contributed by atoms with Gasteiger partial charge in [-0.05, 0) is 30.9 Å². The lowest BCUT2D eigenvalue weighted by atomic mass is 10.1. The van der Waals surface area contributed by atoms with Crippen LogP contribution < -0.4 is 5.32 Å². The standard InChI is InChI=1S/C12H17NO/c1-9(14)8-13-12-6-10-4-2-3-5-11(10)7-12/h2-5,9,12-14H,6-8H2,1H3. The average Bonchev–Trinajstić information content (AvgIpc) is 2.57. The van der Waals surface area contributed by atoms with Gasteiger partial charge in [-0.15, -0.1) is 0 Å². The maximum absolute atomic E-state index is 9.17. The van der Waals surface area contributed by atoms with Crippen molar-refractivity contribution in [3.8, 4) is 0 Å². The Morgan fingerprint density at radius 3 is 2.43 bits per heavy atom. The molecule has 0 heterocycles. The van der Waals surface area contributed by atoms with Crippen LogP contribution in [0.3, 0.4) is 0 Å². The summed E-state index contributed by atoms with van der Waals surface area (Å²) in [5.74, 6) is 0. The first-order valence-electron chi connectivity index (χ1n) is 5.24. The van der Waals surface area contributed by atoms with E-state index in [0.717, 1.165) is 12.8 Å². The van der Waals surface area contributed by atoms with Crippen LogP contribution in [0.4, 0.5) is 0 Å².